The molecule has 0 aliphatic carbocycles. The third kappa shape index (κ3) is 4.45. The summed E-state index contributed by atoms with van der Waals surface area (Å²) in [5, 5.41) is 2.73. The molecular weight excluding hydrogens is 395 g/mol. The summed E-state index contributed by atoms with van der Waals surface area (Å²) in [4.78, 5) is 30.4. The first-order valence-electron chi connectivity index (χ1n) is 10.7. The van der Waals surface area contributed by atoms with Crippen molar-refractivity contribution in [1.82, 2.24) is 19.6 Å². The number of carbonyl (C=O) groups is 2. The third-order valence-corrected chi connectivity index (χ3v) is 6.14. The quantitative estimate of drug-likeness (QED) is 0.620. The van der Waals surface area contributed by atoms with Gasteiger partial charge in [-0.3, -0.25) is 9.59 Å². The average molecular weight is 423 g/mol. The molecule has 0 bridgehead atoms. The van der Waals surface area contributed by atoms with Crippen LogP contribution in [-0.2, 0) is 15.0 Å². The first-order chi connectivity index (χ1) is 15.0. The number of aromatic nitrogens is 2. The van der Waals surface area contributed by atoms with Crippen LogP contribution in [-0.4, -0.2) is 45.7 Å². The maximum Gasteiger partial charge on any atom is 0.222 e. The van der Waals surface area contributed by atoms with Crippen molar-refractivity contribution in [2.45, 2.75) is 38.0 Å². The summed E-state index contributed by atoms with van der Waals surface area (Å²) in [6.45, 7) is 3.26. The molecule has 3 aromatic rings. The smallest absolute Gasteiger partial charge is 0.222 e. The van der Waals surface area contributed by atoms with Crippen molar-refractivity contribution in [3.05, 3.63) is 71.9 Å². The zero-order valence-corrected chi connectivity index (χ0v) is 17.7. The number of nitrogens with zero attached hydrogens (tertiary/aromatic N) is 3. The molecule has 1 N–H and O–H groups in total. The molecule has 2 amide bonds. The molecule has 6 nitrogen and oxygen atoms in total. The van der Waals surface area contributed by atoms with Crippen LogP contribution in [0.2, 0.25) is 0 Å². The summed E-state index contributed by atoms with van der Waals surface area (Å²) in [7, 11) is 0. The number of rotatable bonds is 6. The van der Waals surface area contributed by atoms with E-state index in [-0.39, 0.29) is 23.0 Å². The Morgan fingerprint density at radius 2 is 1.84 bits per heavy atom. The fourth-order valence-corrected chi connectivity index (χ4v) is 4.45. The maximum atomic E-state index is 13.7. The van der Waals surface area contributed by atoms with E-state index in [9.17, 15) is 14.0 Å². The lowest BCUT2D eigenvalue weighted by Gasteiger charge is -2.41. The van der Waals surface area contributed by atoms with Crippen molar-refractivity contribution in [3.63, 3.8) is 0 Å². The summed E-state index contributed by atoms with van der Waals surface area (Å²) >= 11 is 0. The van der Waals surface area contributed by atoms with Gasteiger partial charge in [0.1, 0.15) is 11.5 Å². The number of nitrogens with one attached hydrogen (secondary N) is 1. The number of carbonyl (C=O) groups excluding carboxylic acids is 2. The number of piperidine rings is 1. The topological polar surface area (TPSA) is 66.7 Å². The van der Waals surface area contributed by atoms with E-state index in [0.29, 0.717) is 38.1 Å². The SMILES string of the molecule is CC(=O)NCCCC(=O)N1CCC(c2ccccc2)(c2cn3cc(F)ccc3n2)CC1. The van der Waals surface area contributed by atoms with Crippen molar-refractivity contribution in [3.8, 4) is 0 Å². The van der Waals surface area contributed by atoms with E-state index in [1.807, 2.05) is 29.3 Å². The van der Waals surface area contributed by atoms with E-state index in [1.54, 1.807) is 10.5 Å². The molecule has 0 spiro atoms. The van der Waals surface area contributed by atoms with Crippen LogP contribution in [0.5, 0.6) is 0 Å². The molecule has 3 heterocycles. The Hall–Kier alpha value is -3.22. The lowest BCUT2D eigenvalue weighted by molar-refractivity contribution is -0.133. The van der Waals surface area contributed by atoms with Gasteiger partial charge < -0.3 is 14.6 Å². The Balaban J connectivity index is 1.54. The van der Waals surface area contributed by atoms with Gasteiger partial charge in [0.05, 0.1) is 5.69 Å². The van der Waals surface area contributed by atoms with Crippen LogP contribution in [0.4, 0.5) is 4.39 Å². The third-order valence-electron chi connectivity index (χ3n) is 6.14. The van der Waals surface area contributed by atoms with Gasteiger partial charge in [0.15, 0.2) is 0 Å². The van der Waals surface area contributed by atoms with Gasteiger partial charge >= 0.3 is 0 Å². The molecule has 0 unspecified atom stereocenters. The average Bonchev–Trinajstić information content (AvgIpc) is 3.21. The molecule has 31 heavy (non-hydrogen) atoms. The Labute approximate surface area is 181 Å². The lowest BCUT2D eigenvalue weighted by atomic mass is 9.70. The zero-order valence-electron chi connectivity index (χ0n) is 17.7. The molecule has 1 saturated heterocycles. The second-order valence-electron chi connectivity index (χ2n) is 8.15. The van der Waals surface area contributed by atoms with Crippen LogP contribution >= 0.6 is 0 Å². The molecule has 2 aromatic heterocycles. The second-order valence-corrected chi connectivity index (χ2v) is 8.15. The predicted molar refractivity (Wildman–Crippen MR) is 116 cm³/mol. The highest BCUT2D eigenvalue weighted by Crippen LogP contribution is 2.41. The first-order valence-corrected chi connectivity index (χ1v) is 10.7. The summed E-state index contributed by atoms with van der Waals surface area (Å²) in [5.74, 6) is -0.264. The van der Waals surface area contributed by atoms with Crippen molar-refractivity contribution >= 4 is 17.5 Å². The van der Waals surface area contributed by atoms with Crippen LogP contribution in [0.1, 0.15) is 43.9 Å². The van der Waals surface area contributed by atoms with Crippen molar-refractivity contribution in [1.29, 1.82) is 0 Å². The molecule has 1 fully saturated rings. The first kappa shape index (κ1) is 21.0. The normalized spacial score (nSPS) is 15.7. The van der Waals surface area contributed by atoms with Gasteiger partial charge in [-0.05, 0) is 37.0 Å². The number of benzene rings is 1. The van der Waals surface area contributed by atoms with E-state index >= 15 is 0 Å². The van der Waals surface area contributed by atoms with Crippen LogP contribution in [0, 0.1) is 5.82 Å². The standard InChI is InChI=1S/C24H27FN4O2/c1-18(30)26-13-5-8-23(31)28-14-11-24(12-15-28,19-6-3-2-4-7-19)21-17-29-16-20(25)9-10-22(29)27-21/h2-4,6-7,9-10,16-17H,5,8,11-15H2,1H3,(H,26,30). The van der Waals surface area contributed by atoms with E-state index in [2.05, 4.69) is 17.4 Å². The fraction of sp³-hybridized carbons (Fsp3) is 0.375. The number of hydrogen-bond acceptors (Lipinski definition) is 3. The molecule has 4 rings (SSSR count). The number of fused-ring (bicyclic) bond motifs is 1. The van der Waals surface area contributed by atoms with Crippen LogP contribution < -0.4 is 5.32 Å². The van der Waals surface area contributed by atoms with Gasteiger partial charge in [-0.1, -0.05) is 30.3 Å². The number of halogens is 1. The predicted octanol–water partition coefficient (Wildman–Crippen LogP) is 3.30. The molecule has 162 valence electrons. The number of pyridine rings is 1. The monoisotopic (exact) mass is 422 g/mol. The number of amides is 2. The zero-order chi connectivity index (χ0) is 21.8. The number of likely N-dealkylation sites (tertiary alicyclic amines) is 1. The Kier molecular flexibility index (Phi) is 6.02. The molecule has 1 aliphatic heterocycles. The summed E-state index contributed by atoms with van der Waals surface area (Å²) in [5.41, 5.74) is 2.46. The minimum absolute atomic E-state index is 0.0783. The molecule has 0 atom stereocenters. The van der Waals surface area contributed by atoms with E-state index in [1.165, 1.54) is 19.2 Å². The highest BCUT2D eigenvalue weighted by Gasteiger charge is 2.40. The van der Waals surface area contributed by atoms with E-state index in [0.717, 1.165) is 24.1 Å². The Bertz CT molecular complexity index is 1070. The highest BCUT2D eigenvalue weighted by atomic mass is 19.1. The largest absolute Gasteiger partial charge is 0.356 e. The number of imidazole rings is 1. The van der Waals surface area contributed by atoms with Gasteiger partial charge in [0, 0.05) is 50.8 Å². The maximum absolute atomic E-state index is 13.7. The summed E-state index contributed by atoms with van der Waals surface area (Å²) in [6, 6.07) is 13.3. The molecular formula is C24H27FN4O2. The van der Waals surface area contributed by atoms with Gasteiger partial charge in [0.25, 0.3) is 0 Å². The van der Waals surface area contributed by atoms with Crippen molar-refractivity contribution < 1.29 is 14.0 Å². The summed E-state index contributed by atoms with van der Waals surface area (Å²) in [6.07, 6.45) is 5.92. The van der Waals surface area contributed by atoms with E-state index in [4.69, 9.17) is 4.98 Å². The van der Waals surface area contributed by atoms with Gasteiger partial charge in [-0.15, -0.1) is 0 Å². The second kappa shape index (κ2) is 8.88. The minimum Gasteiger partial charge on any atom is -0.356 e. The van der Waals surface area contributed by atoms with Crippen molar-refractivity contribution in [2.75, 3.05) is 19.6 Å². The molecule has 1 aliphatic rings. The molecule has 0 saturated carbocycles. The molecule has 0 radical (unpaired) electrons. The summed E-state index contributed by atoms with van der Waals surface area (Å²) < 4.78 is 15.4. The molecule has 1 aromatic carbocycles. The number of hydrogen-bond donors (Lipinski definition) is 1. The van der Waals surface area contributed by atoms with Crippen LogP contribution in [0.3, 0.4) is 0 Å². The Morgan fingerprint density at radius 3 is 2.55 bits per heavy atom. The van der Waals surface area contributed by atoms with Crippen LogP contribution in [0.25, 0.3) is 5.65 Å². The van der Waals surface area contributed by atoms with Gasteiger partial charge in [-0.25, -0.2) is 9.37 Å². The fourth-order valence-electron chi connectivity index (χ4n) is 4.45. The molecule has 7 heteroatoms. The van der Waals surface area contributed by atoms with Gasteiger partial charge in [0.2, 0.25) is 11.8 Å². The van der Waals surface area contributed by atoms with E-state index < -0.39 is 0 Å². The van der Waals surface area contributed by atoms with Crippen molar-refractivity contribution in [2.24, 2.45) is 0 Å². The highest BCUT2D eigenvalue weighted by molar-refractivity contribution is 5.76. The Morgan fingerprint density at radius 1 is 1.10 bits per heavy atom. The lowest BCUT2D eigenvalue weighted by Crippen LogP contribution is -2.46. The minimum atomic E-state index is -0.323. The van der Waals surface area contributed by atoms with Crippen LogP contribution in [0.15, 0.2) is 54.9 Å². The van der Waals surface area contributed by atoms with Gasteiger partial charge in [-0.2, -0.15) is 0 Å².